The molecule has 1 aromatic rings. The number of halogens is 2. The van der Waals surface area contributed by atoms with E-state index in [9.17, 15) is 4.79 Å². The molecule has 0 N–H and O–H groups in total. The molecular weight excluding hydrogens is 271 g/mol. The van der Waals surface area contributed by atoms with Gasteiger partial charge in [0.2, 0.25) is 0 Å². The molecule has 0 aromatic heterocycles. The van der Waals surface area contributed by atoms with E-state index in [1.165, 1.54) is 0 Å². The molecule has 18 heavy (non-hydrogen) atoms. The van der Waals surface area contributed by atoms with Gasteiger partial charge < -0.3 is 4.74 Å². The Bertz CT molecular complexity index is 438. The summed E-state index contributed by atoms with van der Waals surface area (Å²) in [6.07, 6.45) is 5.23. The highest BCUT2D eigenvalue weighted by atomic mass is 35.5. The molecule has 1 aromatic carbocycles. The molecular formula is C14H16Cl2O2. The van der Waals surface area contributed by atoms with Crippen molar-refractivity contribution in [2.45, 2.75) is 38.7 Å². The molecule has 98 valence electrons. The summed E-state index contributed by atoms with van der Waals surface area (Å²) in [7, 11) is 0. The Hall–Kier alpha value is -0.730. The zero-order valence-corrected chi connectivity index (χ0v) is 11.8. The van der Waals surface area contributed by atoms with Crippen molar-refractivity contribution in [3.05, 3.63) is 27.7 Å². The second-order valence-corrected chi connectivity index (χ2v) is 5.77. The van der Waals surface area contributed by atoms with E-state index in [4.69, 9.17) is 27.9 Å². The standard InChI is InChI=1S/C14H16Cl2O2/c1-9-2-4-12(5-3-9)18-14-10(8-17)6-11(15)7-13(14)16/h6-9,12H,2-5H2,1H3. The molecule has 0 bridgehead atoms. The van der Waals surface area contributed by atoms with Crippen molar-refractivity contribution in [1.29, 1.82) is 0 Å². The smallest absolute Gasteiger partial charge is 0.153 e. The average molecular weight is 287 g/mol. The van der Waals surface area contributed by atoms with Crippen LogP contribution in [0.5, 0.6) is 5.75 Å². The van der Waals surface area contributed by atoms with Gasteiger partial charge in [-0.1, -0.05) is 30.1 Å². The second kappa shape index (κ2) is 5.94. The van der Waals surface area contributed by atoms with Gasteiger partial charge >= 0.3 is 0 Å². The summed E-state index contributed by atoms with van der Waals surface area (Å²) in [5.74, 6) is 1.23. The van der Waals surface area contributed by atoms with Crippen molar-refractivity contribution < 1.29 is 9.53 Å². The Labute approximate surface area is 117 Å². The Kier molecular flexibility index (Phi) is 4.52. The summed E-state index contributed by atoms with van der Waals surface area (Å²) in [5, 5.41) is 0.856. The number of ether oxygens (including phenoxy) is 1. The molecule has 0 radical (unpaired) electrons. The van der Waals surface area contributed by atoms with Crippen LogP contribution >= 0.6 is 23.2 Å². The average Bonchev–Trinajstić information content (AvgIpc) is 2.34. The lowest BCUT2D eigenvalue weighted by Gasteiger charge is -2.27. The molecule has 0 unspecified atom stereocenters. The minimum atomic E-state index is 0.151. The second-order valence-electron chi connectivity index (χ2n) is 4.92. The summed E-state index contributed by atoms with van der Waals surface area (Å²) >= 11 is 12.0. The maximum atomic E-state index is 11.0. The third-order valence-corrected chi connectivity index (χ3v) is 3.91. The molecule has 0 heterocycles. The minimum Gasteiger partial charge on any atom is -0.488 e. The van der Waals surface area contributed by atoms with Crippen LogP contribution in [0.2, 0.25) is 10.0 Å². The lowest BCUT2D eigenvalue weighted by atomic mass is 9.89. The van der Waals surface area contributed by atoms with Crippen LogP contribution in [-0.2, 0) is 0 Å². The topological polar surface area (TPSA) is 26.3 Å². The Morgan fingerprint density at radius 2 is 1.89 bits per heavy atom. The SMILES string of the molecule is CC1CCC(Oc2c(Cl)cc(Cl)cc2C=O)CC1. The largest absolute Gasteiger partial charge is 0.488 e. The maximum Gasteiger partial charge on any atom is 0.153 e. The van der Waals surface area contributed by atoms with Crippen LogP contribution in [0.1, 0.15) is 43.0 Å². The molecule has 1 fully saturated rings. The number of rotatable bonds is 3. The van der Waals surface area contributed by atoms with Crippen molar-refractivity contribution in [2.24, 2.45) is 5.92 Å². The quantitative estimate of drug-likeness (QED) is 0.749. The molecule has 1 aliphatic rings. The monoisotopic (exact) mass is 286 g/mol. The van der Waals surface area contributed by atoms with Gasteiger partial charge in [-0.15, -0.1) is 0 Å². The summed E-state index contributed by atoms with van der Waals surface area (Å²) in [4.78, 5) is 11.0. The fourth-order valence-corrected chi connectivity index (χ4v) is 2.86. The van der Waals surface area contributed by atoms with Gasteiger partial charge in [-0.3, -0.25) is 4.79 Å². The number of aldehydes is 1. The predicted molar refractivity (Wildman–Crippen MR) is 73.9 cm³/mol. The summed E-state index contributed by atoms with van der Waals surface area (Å²) in [6, 6.07) is 3.19. The van der Waals surface area contributed by atoms with E-state index >= 15 is 0 Å². The Balaban J connectivity index is 2.15. The van der Waals surface area contributed by atoms with Crippen LogP contribution in [0, 0.1) is 5.92 Å². The Morgan fingerprint density at radius 1 is 1.22 bits per heavy atom. The van der Waals surface area contributed by atoms with Gasteiger partial charge in [0.15, 0.2) is 6.29 Å². The molecule has 0 saturated heterocycles. The van der Waals surface area contributed by atoms with Gasteiger partial charge in [-0.05, 0) is 43.7 Å². The van der Waals surface area contributed by atoms with E-state index in [2.05, 4.69) is 6.92 Å². The summed E-state index contributed by atoms with van der Waals surface area (Å²) in [6.45, 7) is 2.25. The first kappa shape index (κ1) is 13.7. The van der Waals surface area contributed by atoms with Gasteiger partial charge in [0.05, 0.1) is 16.7 Å². The number of hydrogen-bond donors (Lipinski definition) is 0. The summed E-state index contributed by atoms with van der Waals surface area (Å²) in [5.41, 5.74) is 0.422. The van der Waals surface area contributed by atoms with Crippen molar-refractivity contribution in [3.63, 3.8) is 0 Å². The highest BCUT2D eigenvalue weighted by Gasteiger charge is 2.21. The molecule has 2 nitrogen and oxygen atoms in total. The molecule has 0 atom stereocenters. The van der Waals surface area contributed by atoms with E-state index in [0.717, 1.165) is 37.9 Å². The van der Waals surface area contributed by atoms with Gasteiger partial charge in [-0.25, -0.2) is 0 Å². The first-order valence-corrected chi connectivity index (χ1v) is 6.96. The van der Waals surface area contributed by atoms with E-state index in [-0.39, 0.29) is 6.10 Å². The lowest BCUT2D eigenvalue weighted by Crippen LogP contribution is -2.23. The number of benzene rings is 1. The van der Waals surface area contributed by atoms with Crippen LogP contribution in [0.4, 0.5) is 0 Å². The van der Waals surface area contributed by atoms with E-state index in [1.54, 1.807) is 12.1 Å². The number of carbonyl (C=O) groups is 1. The van der Waals surface area contributed by atoms with Crippen LogP contribution in [-0.4, -0.2) is 12.4 Å². The first-order chi connectivity index (χ1) is 8.60. The first-order valence-electron chi connectivity index (χ1n) is 6.21. The van der Waals surface area contributed by atoms with E-state index < -0.39 is 0 Å². The molecule has 1 saturated carbocycles. The number of carbonyl (C=O) groups excluding carboxylic acids is 1. The van der Waals surface area contributed by atoms with Crippen LogP contribution in [0.3, 0.4) is 0 Å². The molecule has 4 heteroatoms. The van der Waals surface area contributed by atoms with E-state index in [1.807, 2.05) is 0 Å². The molecule has 0 spiro atoms. The third kappa shape index (κ3) is 3.18. The van der Waals surface area contributed by atoms with Crippen LogP contribution in [0.25, 0.3) is 0 Å². The predicted octanol–water partition coefficient (Wildman–Crippen LogP) is 4.76. The highest BCUT2D eigenvalue weighted by molar-refractivity contribution is 6.36. The van der Waals surface area contributed by atoms with Gasteiger partial charge in [0, 0.05) is 5.02 Å². The fraction of sp³-hybridized carbons (Fsp3) is 0.500. The number of hydrogen-bond acceptors (Lipinski definition) is 2. The van der Waals surface area contributed by atoms with Crippen LogP contribution < -0.4 is 4.74 Å². The maximum absolute atomic E-state index is 11.0. The zero-order chi connectivity index (χ0) is 13.1. The lowest BCUT2D eigenvalue weighted by molar-refractivity contribution is 0.110. The van der Waals surface area contributed by atoms with Gasteiger partial charge in [0.25, 0.3) is 0 Å². The molecule has 0 amide bonds. The molecule has 0 aliphatic heterocycles. The van der Waals surface area contributed by atoms with E-state index in [0.29, 0.717) is 21.4 Å². The minimum absolute atomic E-state index is 0.151. The highest BCUT2D eigenvalue weighted by Crippen LogP contribution is 2.35. The molecule has 1 aliphatic carbocycles. The molecule has 2 rings (SSSR count). The van der Waals surface area contributed by atoms with Crippen LogP contribution in [0.15, 0.2) is 12.1 Å². The fourth-order valence-electron chi connectivity index (χ4n) is 2.31. The normalized spacial score (nSPS) is 23.7. The van der Waals surface area contributed by atoms with Crippen molar-refractivity contribution in [3.8, 4) is 5.75 Å². The summed E-state index contributed by atoms with van der Waals surface area (Å²) < 4.78 is 5.89. The van der Waals surface area contributed by atoms with Gasteiger partial charge in [0.1, 0.15) is 5.75 Å². The van der Waals surface area contributed by atoms with Crippen molar-refractivity contribution >= 4 is 29.5 Å². The zero-order valence-electron chi connectivity index (χ0n) is 10.3. The Morgan fingerprint density at radius 3 is 2.50 bits per heavy atom. The third-order valence-electron chi connectivity index (χ3n) is 3.41. The van der Waals surface area contributed by atoms with Crippen molar-refractivity contribution in [1.82, 2.24) is 0 Å². The van der Waals surface area contributed by atoms with Crippen molar-refractivity contribution in [2.75, 3.05) is 0 Å². The van der Waals surface area contributed by atoms with Gasteiger partial charge in [-0.2, -0.15) is 0 Å².